The van der Waals surface area contributed by atoms with Gasteiger partial charge in [-0.3, -0.25) is 4.79 Å². The Balaban J connectivity index is 1.70. The number of hydrogen-bond donors (Lipinski definition) is 0. The quantitative estimate of drug-likeness (QED) is 0.350. The van der Waals surface area contributed by atoms with Crippen LogP contribution in [0.4, 0.5) is 35.1 Å². The average Bonchev–Trinajstić information content (AvgIpc) is 3.60. The highest BCUT2D eigenvalue weighted by Gasteiger charge is 2.74. The van der Waals surface area contributed by atoms with Crippen molar-refractivity contribution in [1.29, 1.82) is 0 Å². The van der Waals surface area contributed by atoms with Gasteiger partial charge in [-0.25, -0.2) is 17.2 Å². The van der Waals surface area contributed by atoms with E-state index in [2.05, 4.69) is 0 Å². The van der Waals surface area contributed by atoms with Gasteiger partial charge in [0.2, 0.25) is 5.91 Å². The van der Waals surface area contributed by atoms with Crippen molar-refractivity contribution in [3.05, 3.63) is 65.0 Å². The maximum Gasteiger partial charge on any atom is 0.435 e. The highest BCUT2D eigenvalue weighted by molar-refractivity contribution is 7.92. The Bertz CT molecular complexity index is 1370. The number of halogens is 8. The number of sulfone groups is 1. The topological polar surface area (TPSA) is 54.5 Å². The molecule has 0 unspecified atom stereocenters. The van der Waals surface area contributed by atoms with Gasteiger partial charge in [0.05, 0.1) is 10.9 Å². The molecule has 206 valence electrons. The lowest BCUT2D eigenvalue weighted by Gasteiger charge is -2.43. The van der Waals surface area contributed by atoms with Crippen LogP contribution in [0.15, 0.2) is 47.4 Å². The summed E-state index contributed by atoms with van der Waals surface area (Å²) in [6.07, 6.45) is -11.8. The highest BCUT2D eigenvalue weighted by Crippen LogP contribution is 2.57. The zero-order chi connectivity index (χ0) is 27.9. The van der Waals surface area contributed by atoms with Crippen LogP contribution in [0, 0.1) is 11.7 Å². The van der Waals surface area contributed by atoms with Crippen molar-refractivity contribution in [1.82, 2.24) is 4.90 Å². The summed E-state index contributed by atoms with van der Waals surface area (Å²) >= 11 is 0. The Morgan fingerprint density at radius 2 is 1.50 bits per heavy atom. The maximum absolute atomic E-state index is 14.8. The van der Waals surface area contributed by atoms with Crippen LogP contribution < -0.4 is 0 Å². The second-order valence-electron chi connectivity index (χ2n) is 9.98. The molecule has 2 aliphatic carbocycles. The number of fused-ring (bicyclic) bond motifs is 3. The third-order valence-corrected chi connectivity index (χ3v) is 10.4. The monoisotopic (exact) mass is 567 g/mol. The lowest BCUT2D eigenvalue weighted by Crippen LogP contribution is -2.53. The Morgan fingerprint density at radius 1 is 0.895 bits per heavy atom. The SMILES string of the molecule is O=C(C1CC1)N1CC[C@@]2(S(=O)(=O)c3ccc(F)cc3)c3ccc(C(F)(C(F)(F)F)C(F)(F)F)cc3CC[C@@H]12. The van der Waals surface area contributed by atoms with E-state index < -0.39 is 50.0 Å². The minimum Gasteiger partial charge on any atom is -0.337 e. The first-order valence-corrected chi connectivity index (χ1v) is 13.3. The zero-order valence-electron chi connectivity index (χ0n) is 19.5. The second-order valence-corrected chi connectivity index (χ2v) is 12.2. The number of nitrogens with zero attached hydrogens (tertiary/aromatic N) is 1. The Kier molecular flexibility index (Phi) is 5.94. The first kappa shape index (κ1) is 26.9. The number of rotatable bonds is 4. The fraction of sp³-hybridized carbons (Fsp3) is 0.480. The molecule has 5 rings (SSSR count). The van der Waals surface area contributed by atoms with Gasteiger partial charge in [-0.05, 0) is 67.5 Å². The number of hydrogen-bond acceptors (Lipinski definition) is 3. The molecule has 3 aliphatic rings. The number of carbonyl (C=O) groups excluding carboxylic acids is 1. The Labute approximate surface area is 212 Å². The molecule has 2 atom stereocenters. The summed E-state index contributed by atoms with van der Waals surface area (Å²) < 4.78 is 135. The molecule has 2 fully saturated rings. The molecule has 1 aliphatic heterocycles. The fourth-order valence-corrected chi connectivity index (χ4v) is 8.25. The summed E-state index contributed by atoms with van der Waals surface area (Å²) in [6.45, 7) is -0.000231. The zero-order valence-corrected chi connectivity index (χ0v) is 20.4. The molecule has 1 amide bonds. The van der Waals surface area contributed by atoms with Crippen LogP contribution in [0.2, 0.25) is 0 Å². The smallest absolute Gasteiger partial charge is 0.337 e. The van der Waals surface area contributed by atoms with Crippen LogP contribution in [0.1, 0.15) is 42.4 Å². The summed E-state index contributed by atoms with van der Waals surface area (Å²) in [5.41, 5.74) is -7.63. The number of amides is 1. The van der Waals surface area contributed by atoms with E-state index in [9.17, 15) is 48.3 Å². The minimum atomic E-state index is -6.32. The normalized spacial score (nSPS) is 24.2. The van der Waals surface area contributed by atoms with E-state index in [1.807, 2.05) is 0 Å². The lowest BCUT2D eigenvalue weighted by molar-refractivity contribution is -0.348. The summed E-state index contributed by atoms with van der Waals surface area (Å²) in [5, 5.41) is 0. The molecule has 0 aromatic heterocycles. The molecular weight excluding hydrogens is 546 g/mol. The summed E-state index contributed by atoms with van der Waals surface area (Å²) in [6, 6.07) is 4.46. The van der Waals surface area contributed by atoms with E-state index in [4.69, 9.17) is 0 Å². The van der Waals surface area contributed by atoms with Gasteiger partial charge in [-0.15, -0.1) is 0 Å². The lowest BCUT2D eigenvalue weighted by atomic mass is 9.76. The molecule has 2 aromatic rings. The van der Waals surface area contributed by atoms with Crippen LogP contribution in [0.3, 0.4) is 0 Å². The summed E-state index contributed by atoms with van der Waals surface area (Å²) in [4.78, 5) is 14.1. The average molecular weight is 567 g/mol. The van der Waals surface area contributed by atoms with E-state index in [1.165, 1.54) is 4.90 Å². The molecule has 2 aromatic carbocycles. The third kappa shape index (κ3) is 3.67. The maximum atomic E-state index is 14.8. The molecule has 1 heterocycles. The first-order valence-electron chi connectivity index (χ1n) is 11.8. The fourth-order valence-electron chi connectivity index (χ4n) is 5.88. The third-order valence-electron chi connectivity index (χ3n) is 7.88. The number of carbonyl (C=O) groups is 1. The van der Waals surface area contributed by atoms with E-state index in [-0.39, 0.29) is 53.7 Å². The van der Waals surface area contributed by atoms with Crippen molar-refractivity contribution >= 4 is 15.7 Å². The van der Waals surface area contributed by atoms with Crippen molar-refractivity contribution in [2.45, 2.75) is 65.8 Å². The molecular formula is C25H21F8NO3S. The van der Waals surface area contributed by atoms with Gasteiger partial charge >= 0.3 is 18.0 Å². The number of benzene rings is 2. The molecule has 1 saturated heterocycles. The van der Waals surface area contributed by atoms with Gasteiger partial charge in [0, 0.05) is 18.0 Å². The predicted molar refractivity (Wildman–Crippen MR) is 118 cm³/mol. The van der Waals surface area contributed by atoms with Gasteiger partial charge in [0.15, 0.2) is 9.84 Å². The van der Waals surface area contributed by atoms with E-state index >= 15 is 0 Å². The number of alkyl halides is 7. The van der Waals surface area contributed by atoms with Crippen molar-refractivity contribution in [3.8, 4) is 0 Å². The number of likely N-dealkylation sites (tertiary alicyclic amines) is 1. The molecule has 13 heteroatoms. The van der Waals surface area contributed by atoms with Gasteiger partial charge in [0.25, 0.3) is 0 Å². The minimum absolute atomic E-state index is 0.000231. The van der Waals surface area contributed by atoms with Crippen LogP contribution in [-0.2, 0) is 31.5 Å². The predicted octanol–water partition coefficient (Wildman–Crippen LogP) is 5.74. The largest absolute Gasteiger partial charge is 0.435 e. The molecule has 0 radical (unpaired) electrons. The highest BCUT2D eigenvalue weighted by atomic mass is 32.2. The summed E-state index contributed by atoms with van der Waals surface area (Å²) in [5.74, 6) is -1.25. The molecule has 0 N–H and O–H groups in total. The van der Waals surface area contributed by atoms with Gasteiger partial charge in [-0.1, -0.05) is 18.2 Å². The Morgan fingerprint density at radius 3 is 2.05 bits per heavy atom. The van der Waals surface area contributed by atoms with Crippen molar-refractivity contribution < 1.29 is 48.3 Å². The van der Waals surface area contributed by atoms with E-state index in [1.54, 1.807) is 0 Å². The summed E-state index contributed by atoms with van der Waals surface area (Å²) in [7, 11) is -4.47. The van der Waals surface area contributed by atoms with Gasteiger partial charge in [0.1, 0.15) is 10.6 Å². The van der Waals surface area contributed by atoms with Crippen molar-refractivity contribution in [3.63, 3.8) is 0 Å². The standard InChI is InChI=1S/C25H21F8NO3S/c26-17-5-7-18(8-6-17)38(36,37)22-11-12-34(21(35)14-1-2-14)20(22)10-3-15-13-16(4-9-19(15)22)23(27,24(28,29)30)25(31,32)33/h4-9,13-14,20H,1-3,10-12H2/t20-,22-/m1/s1. The van der Waals surface area contributed by atoms with Crippen molar-refractivity contribution in [2.75, 3.05) is 6.54 Å². The van der Waals surface area contributed by atoms with Crippen LogP contribution >= 0.6 is 0 Å². The molecule has 0 bridgehead atoms. The van der Waals surface area contributed by atoms with Gasteiger partial charge in [-0.2, -0.15) is 26.3 Å². The van der Waals surface area contributed by atoms with Crippen LogP contribution in [0.25, 0.3) is 0 Å². The number of aryl methyl sites for hydroxylation is 1. The first-order chi connectivity index (χ1) is 17.6. The van der Waals surface area contributed by atoms with Crippen LogP contribution in [0.5, 0.6) is 0 Å². The van der Waals surface area contributed by atoms with Crippen LogP contribution in [-0.4, -0.2) is 44.2 Å². The molecule has 4 nitrogen and oxygen atoms in total. The molecule has 0 spiro atoms. The van der Waals surface area contributed by atoms with E-state index in [0.29, 0.717) is 25.0 Å². The molecule has 1 saturated carbocycles. The molecule has 38 heavy (non-hydrogen) atoms. The van der Waals surface area contributed by atoms with E-state index in [0.717, 1.165) is 30.3 Å². The second kappa shape index (κ2) is 8.40. The van der Waals surface area contributed by atoms with Gasteiger partial charge < -0.3 is 4.90 Å². The van der Waals surface area contributed by atoms with Crippen molar-refractivity contribution in [2.24, 2.45) is 5.92 Å². The Hall–Kier alpha value is -2.70.